The molecule has 1 heterocycles. The van der Waals surface area contributed by atoms with Crippen LogP contribution >= 0.6 is 23.4 Å². The van der Waals surface area contributed by atoms with Gasteiger partial charge < -0.3 is 9.88 Å². The van der Waals surface area contributed by atoms with Gasteiger partial charge in [-0.2, -0.15) is 0 Å². The molecule has 0 saturated heterocycles. The molecule has 31 heavy (non-hydrogen) atoms. The summed E-state index contributed by atoms with van der Waals surface area (Å²) in [5, 5.41) is 22.3. The van der Waals surface area contributed by atoms with Gasteiger partial charge in [-0.05, 0) is 24.1 Å². The molecule has 1 aromatic heterocycles. The van der Waals surface area contributed by atoms with Gasteiger partial charge in [-0.15, -0.1) is 10.2 Å². The van der Waals surface area contributed by atoms with E-state index in [9.17, 15) is 19.3 Å². The summed E-state index contributed by atoms with van der Waals surface area (Å²) in [6.45, 7) is 4.58. The van der Waals surface area contributed by atoms with E-state index in [1.165, 1.54) is 24.3 Å². The van der Waals surface area contributed by atoms with E-state index < -0.39 is 10.7 Å². The molecular formula is C20H19ClFN5O3S. The van der Waals surface area contributed by atoms with Crippen LogP contribution in [0.5, 0.6) is 0 Å². The Morgan fingerprint density at radius 3 is 2.68 bits per heavy atom. The van der Waals surface area contributed by atoms with Crippen molar-refractivity contribution in [3.8, 4) is 11.4 Å². The normalized spacial score (nSPS) is 11.0. The van der Waals surface area contributed by atoms with Crippen molar-refractivity contribution in [2.45, 2.75) is 25.5 Å². The number of rotatable bonds is 8. The molecule has 2 aromatic carbocycles. The Bertz CT molecular complexity index is 1120. The Labute approximate surface area is 187 Å². The number of carbonyl (C=O) groups excluding carboxylic acids is 1. The fraction of sp³-hybridized carbons (Fsp3) is 0.250. The first kappa shape index (κ1) is 22.7. The minimum absolute atomic E-state index is 0.000810. The number of aromatic nitrogens is 3. The smallest absolute Gasteiger partial charge is 0.271 e. The molecule has 0 unspecified atom stereocenters. The van der Waals surface area contributed by atoms with Gasteiger partial charge in [0.15, 0.2) is 11.0 Å². The maximum absolute atomic E-state index is 14.3. The molecule has 0 bridgehead atoms. The van der Waals surface area contributed by atoms with E-state index in [-0.39, 0.29) is 34.0 Å². The number of thioether (sulfide) groups is 1. The average molecular weight is 464 g/mol. The molecule has 0 radical (unpaired) electrons. The number of halogens is 2. The average Bonchev–Trinajstić information content (AvgIpc) is 3.09. The van der Waals surface area contributed by atoms with E-state index in [1.807, 2.05) is 13.8 Å². The lowest BCUT2D eigenvalue weighted by molar-refractivity contribution is -0.384. The van der Waals surface area contributed by atoms with Gasteiger partial charge >= 0.3 is 0 Å². The maximum atomic E-state index is 14.3. The fourth-order valence-corrected chi connectivity index (χ4v) is 3.77. The highest BCUT2D eigenvalue weighted by Crippen LogP contribution is 2.29. The molecule has 1 N–H and O–H groups in total. The van der Waals surface area contributed by atoms with E-state index in [4.69, 9.17) is 11.6 Å². The molecule has 0 saturated carbocycles. The number of carbonyl (C=O) groups is 1. The Morgan fingerprint density at radius 1 is 1.29 bits per heavy atom. The highest BCUT2D eigenvalue weighted by Gasteiger charge is 2.19. The van der Waals surface area contributed by atoms with Crippen molar-refractivity contribution < 1.29 is 14.1 Å². The van der Waals surface area contributed by atoms with Crippen molar-refractivity contribution in [2.24, 2.45) is 5.92 Å². The summed E-state index contributed by atoms with van der Waals surface area (Å²) < 4.78 is 16.1. The van der Waals surface area contributed by atoms with Gasteiger partial charge in [0.25, 0.3) is 5.69 Å². The van der Waals surface area contributed by atoms with Gasteiger partial charge in [0.05, 0.1) is 26.9 Å². The lowest BCUT2D eigenvalue weighted by Crippen LogP contribution is -2.15. The Balaban J connectivity index is 1.75. The second-order valence-corrected chi connectivity index (χ2v) is 8.40. The van der Waals surface area contributed by atoms with E-state index in [2.05, 4.69) is 15.5 Å². The van der Waals surface area contributed by atoms with Crippen LogP contribution in [-0.2, 0) is 11.3 Å². The van der Waals surface area contributed by atoms with Crippen molar-refractivity contribution in [3.63, 3.8) is 0 Å². The van der Waals surface area contributed by atoms with Gasteiger partial charge in [-0.1, -0.05) is 49.3 Å². The number of amides is 1. The third kappa shape index (κ3) is 5.59. The monoisotopic (exact) mass is 463 g/mol. The second kappa shape index (κ2) is 9.88. The van der Waals surface area contributed by atoms with Crippen molar-refractivity contribution in [1.29, 1.82) is 0 Å². The summed E-state index contributed by atoms with van der Waals surface area (Å²) >= 11 is 7.17. The summed E-state index contributed by atoms with van der Waals surface area (Å²) in [6, 6.07) is 10.1. The van der Waals surface area contributed by atoms with Crippen molar-refractivity contribution in [1.82, 2.24) is 14.8 Å². The standard InChI is InChI=1S/C20H19ClFN5O3S/c1-12(2)10-26-19(14-5-3-4-6-16(14)22)24-25-20(26)31-11-18(28)23-17-8-7-13(27(29)30)9-15(17)21/h3-9,12H,10-11H2,1-2H3,(H,23,28). The van der Waals surface area contributed by atoms with Crippen molar-refractivity contribution in [2.75, 3.05) is 11.1 Å². The molecule has 0 atom stereocenters. The highest BCUT2D eigenvalue weighted by molar-refractivity contribution is 7.99. The Morgan fingerprint density at radius 2 is 2.03 bits per heavy atom. The molecule has 3 aromatic rings. The topological polar surface area (TPSA) is 103 Å². The van der Waals surface area contributed by atoms with Crippen LogP contribution in [0.25, 0.3) is 11.4 Å². The first-order valence-corrected chi connectivity index (χ1v) is 10.7. The number of hydrogen-bond donors (Lipinski definition) is 1. The van der Waals surface area contributed by atoms with Crippen LogP contribution < -0.4 is 5.32 Å². The van der Waals surface area contributed by atoms with Crippen LogP contribution in [0.1, 0.15) is 13.8 Å². The van der Waals surface area contributed by atoms with Crippen LogP contribution in [0.15, 0.2) is 47.6 Å². The highest BCUT2D eigenvalue weighted by atomic mass is 35.5. The van der Waals surface area contributed by atoms with Crippen LogP contribution in [0.3, 0.4) is 0 Å². The number of hydrogen-bond acceptors (Lipinski definition) is 6. The molecule has 3 rings (SSSR count). The van der Waals surface area contributed by atoms with Gasteiger partial charge in [-0.3, -0.25) is 14.9 Å². The number of nitro benzene ring substituents is 1. The van der Waals surface area contributed by atoms with Crippen molar-refractivity contribution in [3.05, 3.63) is 63.4 Å². The molecule has 0 aliphatic rings. The van der Waals surface area contributed by atoms with Crippen LogP contribution in [0.2, 0.25) is 5.02 Å². The van der Waals surface area contributed by atoms with Gasteiger partial charge in [-0.25, -0.2) is 4.39 Å². The van der Waals surface area contributed by atoms with Crippen molar-refractivity contribution >= 4 is 40.6 Å². The molecule has 1 amide bonds. The van der Waals surface area contributed by atoms with E-state index >= 15 is 0 Å². The van der Waals surface area contributed by atoms with E-state index in [0.717, 1.165) is 11.8 Å². The van der Waals surface area contributed by atoms with Crippen LogP contribution in [0.4, 0.5) is 15.8 Å². The SMILES string of the molecule is CC(C)Cn1c(SCC(=O)Nc2ccc([N+](=O)[O-])cc2Cl)nnc1-c1ccccc1F. The molecular weight excluding hydrogens is 445 g/mol. The first-order chi connectivity index (χ1) is 14.8. The Kier molecular flexibility index (Phi) is 7.24. The zero-order chi connectivity index (χ0) is 22.5. The number of anilines is 1. The van der Waals surface area contributed by atoms with Gasteiger partial charge in [0, 0.05) is 18.7 Å². The van der Waals surface area contributed by atoms with Crippen LogP contribution in [-0.4, -0.2) is 31.3 Å². The maximum Gasteiger partial charge on any atom is 0.271 e. The fourth-order valence-electron chi connectivity index (χ4n) is 2.80. The number of nitro groups is 1. The summed E-state index contributed by atoms with van der Waals surface area (Å²) in [4.78, 5) is 22.6. The third-order valence-corrected chi connectivity index (χ3v) is 5.43. The predicted molar refractivity (Wildman–Crippen MR) is 118 cm³/mol. The minimum atomic E-state index is -0.567. The predicted octanol–water partition coefficient (Wildman–Crippen LogP) is 5.03. The molecule has 0 spiro atoms. The van der Waals surface area contributed by atoms with Gasteiger partial charge in [0.1, 0.15) is 5.82 Å². The molecule has 11 heteroatoms. The summed E-state index contributed by atoms with van der Waals surface area (Å²) in [5.74, 6) is -0.128. The molecule has 0 fully saturated rings. The number of nitrogens with one attached hydrogen (secondary N) is 1. The molecule has 0 aliphatic heterocycles. The Hall–Kier alpha value is -2.98. The molecule has 8 nitrogen and oxygen atoms in total. The zero-order valence-electron chi connectivity index (χ0n) is 16.7. The number of benzene rings is 2. The summed E-state index contributed by atoms with van der Waals surface area (Å²) in [6.07, 6.45) is 0. The lowest BCUT2D eigenvalue weighted by atomic mass is 10.2. The zero-order valence-corrected chi connectivity index (χ0v) is 18.3. The van der Waals surface area contributed by atoms with E-state index in [0.29, 0.717) is 23.1 Å². The number of nitrogens with zero attached hydrogens (tertiary/aromatic N) is 4. The van der Waals surface area contributed by atoms with E-state index in [1.54, 1.807) is 22.8 Å². The van der Waals surface area contributed by atoms with Gasteiger partial charge in [0.2, 0.25) is 5.91 Å². The minimum Gasteiger partial charge on any atom is -0.324 e. The third-order valence-electron chi connectivity index (χ3n) is 4.15. The lowest BCUT2D eigenvalue weighted by Gasteiger charge is -2.13. The molecule has 162 valence electrons. The molecule has 0 aliphatic carbocycles. The number of non-ortho nitro benzene ring substituents is 1. The quantitative estimate of drug-likeness (QED) is 0.285. The largest absolute Gasteiger partial charge is 0.324 e. The summed E-state index contributed by atoms with van der Waals surface area (Å²) in [7, 11) is 0. The second-order valence-electron chi connectivity index (χ2n) is 7.05. The van der Waals surface area contributed by atoms with Crippen LogP contribution in [0, 0.1) is 21.8 Å². The first-order valence-electron chi connectivity index (χ1n) is 9.31. The summed E-state index contributed by atoms with van der Waals surface area (Å²) in [5.41, 5.74) is 0.443.